The average molecular weight is 401 g/mol. The maximum atomic E-state index is 13.2. The fraction of sp³-hybridized carbons (Fsp3) is 0.273. The minimum atomic E-state index is -0.488. The number of nitrogens with zero attached hydrogens (tertiary/aromatic N) is 1. The Hall–Kier alpha value is -2.66. The molecule has 1 fully saturated rings. The Morgan fingerprint density at radius 2 is 1.86 bits per heavy atom. The zero-order valence-corrected chi connectivity index (χ0v) is 16.2. The molecule has 3 rings (SSSR count). The van der Waals surface area contributed by atoms with Gasteiger partial charge in [0.1, 0.15) is 5.82 Å². The predicted molar refractivity (Wildman–Crippen MR) is 108 cm³/mol. The average Bonchev–Trinajstić information content (AvgIpc) is 2.73. The van der Waals surface area contributed by atoms with E-state index in [2.05, 4.69) is 5.32 Å². The van der Waals surface area contributed by atoms with Crippen LogP contribution in [0.4, 0.5) is 4.39 Å². The molecule has 2 amide bonds. The summed E-state index contributed by atoms with van der Waals surface area (Å²) in [6, 6.07) is 14.1. The Bertz CT molecular complexity index is 862. The van der Waals surface area contributed by atoms with Gasteiger partial charge in [0, 0.05) is 31.6 Å². The van der Waals surface area contributed by atoms with Gasteiger partial charge >= 0.3 is 0 Å². The van der Waals surface area contributed by atoms with Crippen LogP contribution in [-0.4, -0.2) is 29.8 Å². The highest BCUT2D eigenvalue weighted by atomic mass is 35.5. The maximum absolute atomic E-state index is 13.2. The minimum Gasteiger partial charge on any atom is -0.352 e. The smallest absolute Gasteiger partial charge is 0.246 e. The summed E-state index contributed by atoms with van der Waals surface area (Å²) in [5, 5.41) is 2.99. The highest BCUT2D eigenvalue weighted by Crippen LogP contribution is 2.19. The number of carbonyl (C=O) groups excluding carboxylic acids is 2. The molecule has 1 N–H and O–H groups in total. The number of nitrogens with one attached hydrogen (secondary N) is 1. The molecular weight excluding hydrogens is 379 g/mol. The van der Waals surface area contributed by atoms with E-state index < -0.39 is 5.82 Å². The van der Waals surface area contributed by atoms with Gasteiger partial charge in [0.15, 0.2) is 0 Å². The van der Waals surface area contributed by atoms with Gasteiger partial charge in [0.2, 0.25) is 11.8 Å². The van der Waals surface area contributed by atoms with Crippen LogP contribution in [0, 0.1) is 11.7 Å². The van der Waals surface area contributed by atoms with Crippen LogP contribution in [0.3, 0.4) is 0 Å². The lowest BCUT2D eigenvalue weighted by Gasteiger charge is -2.30. The molecule has 0 atom stereocenters. The van der Waals surface area contributed by atoms with Crippen molar-refractivity contribution in [1.82, 2.24) is 10.2 Å². The van der Waals surface area contributed by atoms with E-state index in [-0.39, 0.29) is 22.8 Å². The zero-order chi connectivity index (χ0) is 19.9. The Kier molecular flexibility index (Phi) is 6.82. The molecule has 1 saturated heterocycles. The van der Waals surface area contributed by atoms with Crippen molar-refractivity contribution < 1.29 is 14.0 Å². The van der Waals surface area contributed by atoms with E-state index in [1.807, 2.05) is 30.3 Å². The van der Waals surface area contributed by atoms with E-state index in [1.165, 1.54) is 18.2 Å². The molecule has 0 aromatic heterocycles. The number of hydrogen-bond acceptors (Lipinski definition) is 2. The molecule has 0 aliphatic carbocycles. The third-order valence-corrected chi connectivity index (χ3v) is 5.14. The first-order chi connectivity index (χ1) is 13.5. The van der Waals surface area contributed by atoms with Gasteiger partial charge in [-0.15, -0.1) is 0 Å². The lowest BCUT2D eigenvalue weighted by atomic mass is 9.95. The summed E-state index contributed by atoms with van der Waals surface area (Å²) < 4.78 is 13.2. The van der Waals surface area contributed by atoms with Crippen LogP contribution in [0.25, 0.3) is 6.08 Å². The molecule has 0 saturated carbocycles. The van der Waals surface area contributed by atoms with Crippen LogP contribution in [0.2, 0.25) is 5.02 Å². The molecule has 0 spiro atoms. The van der Waals surface area contributed by atoms with Crippen molar-refractivity contribution >= 4 is 29.5 Å². The Balaban J connectivity index is 1.46. The lowest BCUT2D eigenvalue weighted by Crippen LogP contribution is -2.42. The normalized spacial score (nSPS) is 15.0. The van der Waals surface area contributed by atoms with Crippen molar-refractivity contribution in [1.29, 1.82) is 0 Å². The fourth-order valence-electron chi connectivity index (χ4n) is 3.18. The maximum Gasteiger partial charge on any atom is 0.246 e. The largest absolute Gasteiger partial charge is 0.352 e. The standard InChI is InChI=1S/C22H22ClFN2O2/c23-19-14-16(6-8-20(19)24)7-9-21(27)26-12-10-18(11-13-26)22(28)25-15-17-4-2-1-3-5-17/h1-9,14,18H,10-13,15H2,(H,25,28)/b9-7+. The molecule has 1 aliphatic rings. The first kappa shape index (κ1) is 20.1. The minimum absolute atomic E-state index is 0.0249. The molecule has 1 heterocycles. The first-order valence-electron chi connectivity index (χ1n) is 9.26. The van der Waals surface area contributed by atoms with E-state index >= 15 is 0 Å². The predicted octanol–water partition coefficient (Wildman–Crippen LogP) is 4.05. The summed E-state index contributed by atoms with van der Waals surface area (Å²) in [5.74, 6) is -0.651. The van der Waals surface area contributed by atoms with Crippen LogP contribution in [0.5, 0.6) is 0 Å². The van der Waals surface area contributed by atoms with Crippen molar-refractivity contribution in [2.45, 2.75) is 19.4 Å². The number of amides is 2. The molecule has 4 nitrogen and oxygen atoms in total. The van der Waals surface area contributed by atoms with E-state index in [4.69, 9.17) is 11.6 Å². The van der Waals surface area contributed by atoms with E-state index in [9.17, 15) is 14.0 Å². The number of piperidine rings is 1. The molecule has 146 valence electrons. The van der Waals surface area contributed by atoms with Gasteiger partial charge in [0.25, 0.3) is 0 Å². The number of halogens is 2. The second kappa shape index (κ2) is 9.51. The van der Waals surface area contributed by atoms with Crippen LogP contribution in [0.1, 0.15) is 24.0 Å². The second-order valence-corrected chi connectivity index (χ2v) is 7.22. The Morgan fingerprint density at radius 3 is 2.54 bits per heavy atom. The topological polar surface area (TPSA) is 49.4 Å². The van der Waals surface area contributed by atoms with Crippen LogP contribution >= 0.6 is 11.6 Å². The molecule has 6 heteroatoms. The van der Waals surface area contributed by atoms with Gasteiger partial charge in [-0.2, -0.15) is 0 Å². The monoisotopic (exact) mass is 400 g/mol. The van der Waals surface area contributed by atoms with Crippen molar-refractivity contribution in [3.63, 3.8) is 0 Å². The highest BCUT2D eigenvalue weighted by molar-refractivity contribution is 6.30. The van der Waals surface area contributed by atoms with E-state index in [0.29, 0.717) is 38.0 Å². The van der Waals surface area contributed by atoms with Crippen LogP contribution in [0.15, 0.2) is 54.6 Å². The number of likely N-dealkylation sites (tertiary alicyclic amines) is 1. The first-order valence-corrected chi connectivity index (χ1v) is 9.64. The summed E-state index contributed by atoms with van der Waals surface area (Å²) in [5.41, 5.74) is 1.73. The number of hydrogen-bond donors (Lipinski definition) is 1. The van der Waals surface area contributed by atoms with Gasteiger partial charge in [-0.3, -0.25) is 9.59 Å². The van der Waals surface area contributed by atoms with Gasteiger partial charge in [0.05, 0.1) is 5.02 Å². The molecule has 2 aromatic rings. The Morgan fingerprint density at radius 1 is 1.14 bits per heavy atom. The Labute approximate surface area is 169 Å². The quantitative estimate of drug-likeness (QED) is 0.770. The summed E-state index contributed by atoms with van der Waals surface area (Å²) >= 11 is 5.75. The lowest BCUT2D eigenvalue weighted by molar-refractivity contribution is -0.132. The van der Waals surface area contributed by atoms with Gasteiger partial charge in [-0.1, -0.05) is 48.0 Å². The van der Waals surface area contributed by atoms with Crippen molar-refractivity contribution in [3.8, 4) is 0 Å². The molecular formula is C22H22ClFN2O2. The van der Waals surface area contributed by atoms with E-state index in [0.717, 1.165) is 5.56 Å². The number of rotatable bonds is 5. The molecule has 0 unspecified atom stereocenters. The van der Waals surface area contributed by atoms with Gasteiger partial charge in [-0.05, 0) is 42.2 Å². The summed E-state index contributed by atoms with van der Waals surface area (Å²) in [6.07, 6.45) is 4.36. The SMILES string of the molecule is O=C(NCc1ccccc1)C1CCN(C(=O)/C=C/c2ccc(F)c(Cl)c2)CC1. The molecule has 28 heavy (non-hydrogen) atoms. The molecule has 1 aliphatic heterocycles. The fourth-order valence-corrected chi connectivity index (χ4v) is 3.37. The van der Waals surface area contributed by atoms with E-state index in [1.54, 1.807) is 17.0 Å². The van der Waals surface area contributed by atoms with Crippen molar-refractivity contribution in [2.24, 2.45) is 5.92 Å². The van der Waals surface area contributed by atoms with Gasteiger partial charge in [-0.25, -0.2) is 4.39 Å². The summed E-state index contributed by atoms with van der Waals surface area (Å²) in [4.78, 5) is 26.4. The zero-order valence-electron chi connectivity index (χ0n) is 15.4. The molecule has 0 bridgehead atoms. The second-order valence-electron chi connectivity index (χ2n) is 6.81. The summed E-state index contributed by atoms with van der Waals surface area (Å²) in [6.45, 7) is 1.59. The highest BCUT2D eigenvalue weighted by Gasteiger charge is 2.26. The number of benzene rings is 2. The van der Waals surface area contributed by atoms with Crippen molar-refractivity contribution in [3.05, 3.63) is 76.6 Å². The summed E-state index contributed by atoms with van der Waals surface area (Å²) in [7, 11) is 0. The third kappa shape index (κ3) is 5.42. The van der Waals surface area contributed by atoms with Crippen molar-refractivity contribution in [2.75, 3.05) is 13.1 Å². The molecule has 2 aromatic carbocycles. The van der Waals surface area contributed by atoms with Gasteiger partial charge < -0.3 is 10.2 Å². The van der Waals surface area contributed by atoms with Crippen LogP contribution in [-0.2, 0) is 16.1 Å². The number of carbonyl (C=O) groups is 2. The molecule has 0 radical (unpaired) electrons. The third-order valence-electron chi connectivity index (χ3n) is 4.85. The van der Waals surface area contributed by atoms with Crippen LogP contribution < -0.4 is 5.32 Å².